The van der Waals surface area contributed by atoms with E-state index in [1.165, 1.54) is 0 Å². The molecule has 0 aromatic heterocycles. The average molecular weight is 292 g/mol. The summed E-state index contributed by atoms with van der Waals surface area (Å²) in [4.78, 5) is 22.9. The number of carbonyl (C=O) groups is 2. The number of rotatable bonds is 6. The maximum Gasteiger partial charge on any atom is 0.407 e. The average Bonchev–Trinajstić information content (AvgIpc) is 2.41. The molecule has 116 valence electrons. The van der Waals surface area contributed by atoms with Gasteiger partial charge in [-0.25, -0.2) is 4.79 Å². The number of hydrogen-bond acceptors (Lipinski definition) is 4. The molecule has 0 saturated heterocycles. The minimum absolute atomic E-state index is 0.133. The Morgan fingerprint density at radius 3 is 2.24 bits per heavy atom. The zero-order valence-electron chi connectivity index (χ0n) is 13.2. The molecule has 0 unspecified atom stereocenters. The summed E-state index contributed by atoms with van der Waals surface area (Å²) in [5.74, 6) is 0.133. The summed E-state index contributed by atoms with van der Waals surface area (Å²) in [6.45, 7) is 8.36. The number of benzene rings is 1. The molecule has 0 saturated carbocycles. The number of hydrogen-bond donors (Lipinski definition) is 2. The lowest BCUT2D eigenvalue weighted by molar-refractivity contribution is 0.0530. The van der Waals surface area contributed by atoms with E-state index < -0.39 is 11.7 Å². The Bertz CT molecular complexity index is 475. The highest BCUT2D eigenvalue weighted by molar-refractivity contribution is 5.96. The molecular weight excluding hydrogens is 268 g/mol. The summed E-state index contributed by atoms with van der Waals surface area (Å²) >= 11 is 0. The van der Waals surface area contributed by atoms with E-state index in [1.54, 1.807) is 12.1 Å². The van der Waals surface area contributed by atoms with Crippen LogP contribution in [-0.4, -0.2) is 30.6 Å². The van der Waals surface area contributed by atoms with Gasteiger partial charge < -0.3 is 15.4 Å². The first kappa shape index (κ1) is 17.0. The van der Waals surface area contributed by atoms with Crippen molar-refractivity contribution in [3.05, 3.63) is 29.8 Å². The summed E-state index contributed by atoms with van der Waals surface area (Å²) in [7, 11) is 0. The van der Waals surface area contributed by atoms with E-state index in [9.17, 15) is 9.59 Å². The Kier molecular flexibility index (Phi) is 6.21. The number of nitrogens with one attached hydrogen (secondary N) is 2. The largest absolute Gasteiger partial charge is 0.444 e. The van der Waals surface area contributed by atoms with E-state index in [0.29, 0.717) is 19.5 Å². The third kappa shape index (κ3) is 6.79. The highest BCUT2D eigenvalue weighted by Gasteiger charge is 2.15. The standard InChI is InChI=1S/C16H24N2O3/c1-5-14(19)12-6-8-13(9-7-12)17-10-11-18-15(20)21-16(2,3)4/h6-9,17H,5,10-11H2,1-4H3,(H,18,20). The molecule has 0 spiro atoms. The van der Waals surface area contributed by atoms with Crippen LogP contribution in [0.2, 0.25) is 0 Å². The van der Waals surface area contributed by atoms with Crippen LogP contribution in [0.3, 0.4) is 0 Å². The van der Waals surface area contributed by atoms with E-state index in [-0.39, 0.29) is 5.78 Å². The van der Waals surface area contributed by atoms with Gasteiger partial charge in [-0.2, -0.15) is 0 Å². The normalized spacial score (nSPS) is 10.9. The van der Waals surface area contributed by atoms with Crippen LogP contribution in [0.15, 0.2) is 24.3 Å². The lowest BCUT2D eigenvalue weighted by Gasteiger charge is -2.19. The van der Waals surface area contributed by atoms with Gasteiger partial charge in [0.25, 0.3) is 0 Å². The first-order valence-corrected chi connectivity index (χ1v) is 7.16. The molecule has 2 N–H and O–H groups in total. The zero-order chi connectivity index (χ0) is 15.9. The van der Waals surface area contributed by atoms with E-state index in [4.69, 9.17) is 4.74 Å². The molecule has 0 aliphatic carbocycles. The third-order valence-corrected chi connectivity index (χ3v) is 2.65. The molecule has 21 heavy (non-hydrogen) atoms. The Balaban J connectivity index is 2.30. The lowest BCUT2D eigenvalue weighted by Crippen LogP contribution is -2.34. The lowest BCUT2D eigenvalue weighted by atomic mass is 10.1. The van der Waals surface area contributed by atoms with Crippen LogP contribution >= 0.6 is 0 Å². The topological polar surface area (TPSA) is 67.4 Å². The van der Waals surface area contributed by atoms with Crippen molar-refractivity contribution in [2.45, 2.75) is 39.7 Å². The number of Topliss-reactive ketones (excluding diaryl/α,β-unsaturated/α-hetero) is 1. The van der Waals surface area contributed by atoms with Gasteiger partial charge in [0.2, 0.25) is 0 Å². The molecule has 1 aromatic rings. The fourth-order valence-electron chi connectivity index (χ4n) is 1.66. The Hall–Kier alpha value is -2.04. The monoisotopic (exact) mass is 292 g/mol. The van der Waals surface area contributed by atoms with Gasteiger partial charge >= 0.3 is 6.09 Å². The van der Waals surface area contributed by atoms with E-state index in [2.05, 4.69) is 10.6 Å². The van der Waals surface area contributed by atoms with Crippen LogP contribution in [0.5, 0.6) is 0 Å². The molecule has 0 heterocycles. The molecule has 1 rings (SSSR count). The van der Waals surface area contributed by atoms with Gasteiger partial charge in [-0.15, -0.1) is 0 Å². The first-order chi connectivity index (χ1) is 9.81. The maximum absolute atomic E-state index is 11.5. The Labute approximate surface area is 126 Å². The number of anilines is 1. The highest BCUT2D eigenvalue weighted by atomic mass is 16.6. The zero-order valence-corrected chi connectivity index (χ0v) is 13.2. The van der Waals surface area contributed by atoms with Crippen molar-refractivity contribution in [2.75, 3.05) is 18.4 Å². The minimum Gasteiger partial charge on any atom is -0.444 e. The molecule has 0 atom stereocenters. The molecule has 5 nitrogen and oxygen atoms in total. The quantitative estimate of drug-likeness (QED) is 0.624. The second-order valence-corrected chi connectivity index (χ2v) is 5.71. The molecule has 0 radical (unpaired) electrons. The molecule has 0 bridgehead atoms. The fraction of sp³-hybridized carbons (Fsp3) is 0.500. The van der Waals surface area contributed by atoms with Gasteiger partial charge in [0, 0.05) is 30.8 Å². The second kappa shape index (κ2) is 7.67. The number of amides is 1. The van der Waals surface area contributed by atoms with Crippen LogP contribution in [0, 0.1) is 0 Å². The number of carbonyl (C=O) groups excluding carboxylic acids is 2. The molecular formula is C16H24N2O3. The Morgan fingerprint density at radius 1 is 1.10 bits per heavy atom. The van der Waals surface area contributed by atoms with Gasteiger partial charge in [0.15, 0.2) is 5.78 Å². The Morgan fingerprint density at radius 2 is 1.71 bits per heavy atom. The number of ketones is 1. The summed E-state index contributed by atoms with van der Waals surface area (Å²) in [6, 6.07) is 7.32. The van der Waals surface area contributed by atoms with Crippen LogP contribution in [0.4, 0.5) is 10.5 Å². The smallest absolute Gasteiger partial charge is 0.407 e. The highest BCUT2D eigenvalue weighted by Crippen LogP contribution is 2.10. The van der Waals surface area contributed by atoms with E-state index in [1.807, 2.05) is 39.8 Å². The van der Waals surface area contributed by atoms with Crippen molar-refractivity contribution < 1.29 is 14.3 Å². The summed E-state index contributed by atoms with van der Waals surface area (Å²) in [5.41, 5.74) is 1.14. The molecule has 0 aliphatic rings. The molecule has 0 aliphatic heterocycles. The van der Waals surface area contributed by atoms with Gasteiger partial charge in [-0.05, 0) is 45.0 Å². The maximum atomic E-state index is 11.5. The molecule has 5 heteroatoms. The third-order valence-electron chi connectivity index (χ3n) is 2.65. The van der Waals surface area contributed by atoms with Crippen molar-refractivity contribution in [3.63, 3.8) is 0 Å². The SMILES string of the molecule is CCC(=O)c1ccc(NCCNC(=O)OC(C)(C)C)cc1. The van der Waals surface area contributed by atoms with Crippen LogP contribution in [-0.2, 0) is 4.74 Å². The summed E-state index contributed by atoms with van der Waals surface area (Å²) < 4.78 is 5.13. The minimum atomic E-state index is -0.487. The van der Waals surface area contributed by atoms with Crippen molar-refractivity contribution in [3.8, 4) is 0 Å². The van der Waals surface area contributed by atoms with Crippen molar-refractivity contribution in [2.24, 2.45) is 0 Å². The second-order valence-electron chi connectivity index (χ2n) is 5.71. The summed E-state index contributed by atoms with van der Waals surface area (Å²) in [5, 5.41) is 5.84. The van der Waals surface area contributed by atoms with Gasteiger partial charge in [0.05, 0.1) is 0 Å². The van der Waals surface area contributed by atoms with Crippen LogP contribution in [0.1, 0.15) is 44.5 Å². The van der Waals surface area contributed by atoms with Crippen LogP contribution in [0.25, 0.3) is 0 Å². The van der Waals surface area contributed by atoms with E-state index >= 15 is 0 Å². The summed E-state index contributed by atoms with van der Waals surface area (Å²) in [6.07, 6.45) is 0.0836. The molecule has 1 amide bonds. The number of ether oxygens (including phenoxy) is 1. The first-order valence-electron chi connectivity index (χ1n) is 7.16. The predicted octanol–water partition coefficient (Wildman–Crippen LogP) is 3.22. The molecule has 1 aromatic carbocycles. The van der Waals surface area contributed by atoms with Crippen molar-refractivity contribution in [1.82, 2.24) is 5.32 Å². The predicted molar refractivity (Wildman–Crippen MR) is 83.8 cm³/mol. The van der Waals surface area contributed by atoms with Gasteiger partial charge in [0.1, 0.15) is 5.60 Å². The fourth-order valence-corrected chi connectivity index (χ4v) is 1.66. The van der Waals surface area contributed by atoms with Gasteiger partial charge in [-0.3, -0.25) is 4.79 Å². The van der Waals surface area contributed by atoms with Gasteiger partial charge in [-0.1, -0.05) is 6.92 Å². The molecule has 0 fully saturated rings. The number of alkyl carbamates (subject to hydrolysis) is 1. The van der Waals surface area contributed by atoms with E-state index in [0.717, 1.165) is 11.3 Å². The van der Waals surface area contributed by atoms with Crippen molar-refractivity contribution in [1.29, 1.82) is 0 Å². The van der Waals surface area contributed by atoms with Crippen molar-refractivity contribution >= 4 is 17.6 Å². The van der Waals surface area contributed by atoms with Crippen LogP contribution < -0.4 is 10.6 Å².